The zero-order valence-electron chi connectivity index (χ0n) is 15.4. The fraction of sp³-hybridized carbons (Fsp3) is 0.700. The third-order valence-corrected chi connectivity index (χ3v) is 6.94. The third kappa shape index (κ3) is 2.63. The van der Waals surface area contributed by atoms with Crippen molar-refractivity contribution in [1.82, 2.24) is 0 Å². The smallest absolute Gasteiger partial charge is 0.403 e. The Labute approximate surface area is 146 Å². The molecule has 1 aromatic carbocycles. The van der Waals surface area contributed by atoms with Crippen LogP contribution in [0.3, 0.4) is 0 Å². The van der Waals surface area contributed by atoms with E-state index >= 15 is 0 Å². The van der Waals surface area contributed by atoms with E-state index in [2.05, 4.69) is 52.0 Å². The summed E-state index contributed by atoms with van der Waals surface area (Å²) in [6.45, 7) is 10.1. The van der Waals surface area contributed by atoms with Crippen LogP contribution in [0.1, 0.15) is 46.1 Å². The van der Waals surface area contributed by atoms with Gasteiger partial charge in [0, 0.05) is 0 Å². The molecule has 3 nitrogen and oxygen atoms in total. The lowest BCUT2D eigenvalue weighted by Crippen LogP contribution is -2.64. The molecule has 3 saturated carbocycles. The number of hydrogen-bond acceptors (Lipinski definition) is 3. The molecule has 0 spiro atoms. The molecular formula is C20H29BO3. The van der Waals surface area contributed by atoms with Gasteiger partial charge in [0.05, 0.1) is 24.4 Å². The summed E-state index contributed by atoms with van der Waals surface area (Å²) in [5.74, 6) is 1.58. The second-order valence-corrected chi connectivity index (χ2v) is 9.04. The van der Waals surface area contributed by atoms with E-state index in [-0.39, 0.29) is 18.3 Å². The monoisotopic (exact) mass is 328 g/mol. The van der Waals surface area contributed by atoms with Gasteiger partial charge in [-0.25, -0.2) is 0 Å². The molecule has 4 fully saturated rings. The van der Waals surface area contributed by atoms with Gasteiger partial charge >= 0.3 is 7.12 Å². The molecule has 1 unspecified atom stereocenters. The molecule has 24 heavy (non-hydrogen) atoms. The van der Waals surface area contributed by atoms with Crippen LogP contribution in [0.5, 0.6) is 0 Å². The van der Waals surface area contributed by atoms with Gasteiger partial charge in [-0.05, 0) is 69.7 Å². The summed E-state index contributed by atoms with van der Waals surface area (Å²) >= 11 is 0. The highest BCUT2D eigenvalue weighted by Gasteiger charge is 2.66. The van der Waals surface area contributed by atoms with E-state index in [9.17, 15) is 0 Å². The maximum atomic E-state index is 6.20. The molecule has 4 heteroatoms. The molecule has 1 heterocycles. The summed E-state index contributed by atoms with van der Waals surface area (Å²) < 4.78 is 18.4. The Morgan fingerprint density at radius 1 is 1.04 bits per heavy atom. The summed E-state index contributed by atoms with van der Waals surface area (Å²) in [6.07, 6.45) is 3.67. The van der Waals surface area contributed by atoms with Gasteiger partial charge in [0.25, 0.3) is 0 Å². The zero-order chi connectivity index (χ0) is 17.0. The molecule has 130 valence electrons. The van der Waals surface area contributed by atoms with Crippen LogP contribution in [0.15, 0.2) is 30.3 Å². The van der Waals surface area contributed by atoms with Crippen LogP contribution < -0.4 is 0 Å². The molecule has 1 saturated heterocycles. The number of benzene rings is 1. The third-order valence-electron chi connectivity index (χ3n) is 6.94. The SMILES string of the molecule is CC1(C)OB(CC2C3CC2(COCc2ccccc2)C3)OC1(C)C. The van der Waals surface area contributed by atoms with Gasteiger partial charge in [0.1, 0.15) is 0 Å². The van der Waals surface area contributed by atoms with Crippen molar-refractivity contribution in [2.45, 2.75) is 64.7 Å². The van der Waals surface area contributed by atoms with Crippen LogP contribution in [-0.4, -0.2) is 24.9 Å². The van der Waals surface area contributed by atoms with E-state index in [0.29, 0.717) is 11.3 Å². The van der Waals surface area contributed by atoms with Crippen molar-refractivity contribution in [3.8, 4) is 0 Å². The van der Waals surface area contributed by atoms with Crippen LogP contribution >= 0.6 is 0 Å². The highest BCUT2D eigenvalue weighted by Crippen LogP contribution is 2.70. The Morgan fingerprint density at radius 2 is 1.67 bits per heavy atom. The van der Waals surface area contributed by atoms with Gasteiger partial charge < -0.3 is 14.0 Å². The minimum atomic E-state index is -0.220. The summed E-state index contributed by atoms with van der Waals surface area (Å²) in [5, 5.41) is 0. The van der Waals surface area contributed by atoms with E-state index in [4.69, 9.17) is 14.0 Å². The molecule has 5 rings (SSSR count). The Hall–Kier alpha value is -0.835. The Morgan fingerprint density at radius 3 is 2.21 bits per heavy atom. The first-order valence-electron chi connectivity index (χ1n) is 9.29. The predicted octanol–water partition coefficient (Wildman–Crippen LogP) is 4.32. The largest absolute Gasteiger partial charge is 0.458 e. The molecule has 3 aliphatic carbocycles. The summed E-state index contributed by atoms with van der Waals surface area (Å²) in [4.78, 5) is 0. The standard InChI is InChI=1S/C20H29BO3/c1-18(2)19(3,4)24-21(23-18)12-17-16-10-20(17,11-16)14-22-13-15-8-6-5-7-9-15/h5-9,16-17H,10-14H2,1-4H3. The number of ether oxygens (including phenoxy) is 1. The highest BCUT2D eigenvalue weighted by atomic mass is 16.7. The molecule has 2 bridgehead atoms. The normalized spacial score (nSPS) is 35.4. The lowest BCUT2D eigenvalue weighted by Gasteiger charge is -2.68. The first-order valence-corrected chi connectivity index (χ1v) is 9.29. The van der Waals surface area contributed by atoms with Crippen LogP contribution in [0, 0.1) is 17.3 Å². The second-order valence-electron chi connectivity index (χ2n) is 9.04. The van der Waals surface area contributed by atoms with Crippen molar-refractivity contribution in [2.75, 3.05) is 6.61 Å². The van der Waals surface area contributed by atoms with Crippen molar-refractivity contribution in [1.29, 1.82) is 0 Å². The number of hydrogen-bond donors (Lipinski definition) is 0. The van der Waals surface area contributed by atoms with Gasteiger partial charge in [-0.2, -0.15) is 0 Å². The van der Waals surface area contributed by atoms with E-state index in [0.717, 1.165) is 25.5 Å². The van der Waals surface area contributed by atoms with E-state index in [1.165, 1.54) is 18.4 Å². The van der Waals surface area contributed by atoms with Crippen LogP contribution in [0.4, 0.5) is 0 Å². The Balaban J connectivity index is 1.29. The lowest BCUT2D eigenvalue weighted by molar-refractivity contribution is -0.217. The summed E-state index contributed by atoms with van der Waals surface area (Å²) in [7, 11) is -0.0587. The van der Waals surface area contributed by atoms with Crippen molar-refractivity contribution in [3.05, 3.63) is 35.9 Å². The van der Waals surface area contributed by atoms with Gasteiger partial charge in [0.15, 0.2) is 0 Å². The van der Waals surface area contributed by atoms with Crippen LogP contribution in [0.25, 0.3) is 0 Å². The van der Waals surface area contributed by atoms with Crippen LogP contribution in [0.2, 0.25) is 6.32 Å². The minimum Gasteiger partial charge on any atom is -0.403 e. The maximum Gasteiger partial charge on any atom is 0.458 e. The van der Waals surface area contributed by atoms with Crippen molar-refractivity contribution < 1.29 is 14.0 Å². The fourth-order valence-electron chi connectivity index (χ4n) is 4.63. The molecule has 1 aromatic rings. The second kappa shape index (κ2) is 5.58. The van der Waals surface area contributed by atoms with Crippen molar-refractivity contribution in [2.24, 2.45) is 17.3 Å². The summed E-state index contributed by atoms with van der Waals surface area (Å²) in [6, 6.07) is 10.4. The van der Waals surface area contributed by atoms with E-state index in [1.807, 2.05) is 6.07 Å². The van der Waals surface area contributed by atoms with Crippen molar-refractivity contribution in [3.63, 3.8) is 0 Å². The molecular weight excluding hydrogens is 299 g/mol. The van der Waals surface area contributed by atoms with Gasteiger partial charge in [-0.15, -0.1) is 0 Å². The molecule has 0 radical (unpaired) electrons. The zero-order valence-corrected chi connectivity index (χ0v) is 15.4. The average Bonchev–Trinajstić information content (AvgIpc) is 2.69. The average molecular weight is 328 g/mol. The van der Waals surface area contributed by atoms with Gasteiger partial charge in [-0.1, -0.05) is 30.3 Å². The Kier molecular flexibility index (Phi) is 3.87. The number of rotatable bonds is 6. The molecule has 4 aliphatic rings. The molecule has 0 amide bonds. The van der Waals surface area contributed by atoms with Gasteiger partial charge in [-0.3, -0.25) is 0 Å². The Bertz CT molecular complexity index is 576. The van der Waals surface area contributed by atoms with Gasteiger partial charge in [0.2, 0.25) is 0 Å². The topological polar surface area (TPSA) is 27.7 Å². The van der Waals surface area contributed by atoms with E-state index < -0.39 is 0 Å². The molecule has 0 N–H and O–H groups in total. The maximum absolute atomic E-state index is 6.20. The predicted molar refractivity (Wildman–Crippen MR) is 95.6 cm³/mol. The highest BCUT2D eigenvalue weighted by molar-refractivity contribution is 6.45. The fourth-order valence-corrected chi connectivity index (χ4v) is 4.63. The van der Waals surface area contributed by atoms with Crippen LogP contribution in [-0.2, 0) is 20.7 Å². The minimum absolute atomic E-state index is 0.0587. The summed E-state index contributed by atoms with van der Waals surface area (Å²) in [5.41, 5.74) is 1.21. The molecule has 0 aromatic heterocycles. The molecule has 1 atom stereocenters. The quantitative estimate of drug-likeness (QED) is 0.728. The molecule has 1 aliphatic heterocycles. The lowest BCUT2D eigenvalue weighted by atomic mass is 9.35. The first kappa shape index (κ1) is 16.6. The van der Waals surface area contributed by atoms with E-state index in [1.54, 1.807) is 0 Å². The first-order chi connectivity index (χ1) is 11.3. The van der Waals surface area contributed by atoms with Crippen molar-refractivity contribution >= 4 is 7.12 Å².